The summed E-state index contributed by atoms with van der Waals surface area (Å²) in [6.07, 6.45) is 6.78. The van der Waals surface area contributed by atoms with Gasteiger partial charge in [-0.1, -0.05) is 31.8 Å². The van der Waals surface area contributed by atoms with Gasteiger partial charge < -0.3 is 9.84 Å². The summed E-state index contributed by atoms with van der Waals surface area (Å²) < 4.78 is 5.29. The van der Waals surface area contributed by atoms with Crippen molar-refractivity contribution >= 4 is 0 Å². The molecule has 1 aromatic heterocycles. The third kappa shape index (κ3) is 3.85. The van der Waals surface area contributed by atoms with Gasteiger partial charge in [0.2, 0.25) is 0 Å². The molecule has 3 unspecified atom stereocenters. The number of hydrogen-bond donors (Lipinski definition) is 1. The van der Waals surface area contributed by atoms with Crippen molar-refractivity contribution in [3.8, 4) is 0 Å². The molecular weight excluding hydrogens is 248 g/mol. The largest absolute Gasteiger partial charge is 0.361 e. The average molecular weight is 278 g/mol. The fourth-order valence-electron chi connectivity index (χ4n) is 3.87. The van der Waals surface area contributed by atoms with Gasteiger partial charge in [-0.05, 0) is 51.9 Å². The zero-order valence-electron chi connectivity index (χ0n) is 13.7. The van der Waals surface area contributed by atoms with Crippen LogP contribution in [-0.2, 0) is 0 Å². The van der Waals surface area contributed by atoms with E-state index in [2.05, 4.69) is 31.2 Å². The second-order valence-electron chi connectivity index (χ2n) is 6.99. The van der Waals surface area contributed by atoms with Crippen LogP contribution in [-0.4, -0.2) is 11.2 Å². The summed E-state index contributed by atoms with van der Waals surface area (Å²) in [5.74, 6) is 2.67. The Morgan fingerprint density at radius 1 is 1.25 bits per heavy atom. The first-order valence-corrected chi connectivity index (χ1v) is 8.16. The number of hydrogen-bond acceptors (Lipinski definition) is 3. The lowest BCUT2D eigenvalue weighted by atomic mass is 9.81. The first-order chi connectivity index (χ1) is 9.47. The van der Waals surface area contributed by atoms with Crippen LogP contribution in [0.1, 0.15) is 75.9 Å². The first kappa shape index (κ1) is 15.6. The molecule has 1 aliphatic carbocycles. The van der Waals surface area contributed by atoms with Crippen LogP contribution in [0.3, 0.4) is 0 Å². The fourth-order valence-corrected chi connectivity index (χ4v) is 3.87. The zero-order valence-corrected chi connectivity index (χ0v) is 13.7. The van der Waals surface area contributed by atoms with Crippen molar-refractivity contribution in [2.24, 2.45) is 11.8 Å². The lowest BCUT2D eigenvalue weighted by Crippen LogP contribution is -2.36. The van der Waals surface area contributed by atoms with E-state index in [1.807, 2.05) is 13.8 Å². The highest BCUT2D eigenvalue weighted by Crippen LogP contribution is 2.31. The summed E-state index contributed by atoms with van der Waals surface area (Å²) in [4.78, 5) is 0. The zero-order chi connectivity index (χ0) is 14.7. The summed E-state index contributed by atoms with van der Waals surface area (Å²) in [6, 6.07) is 0.986. The molecule has 3 nitrogen and oxygen atoms in total. The number of nitrogens with one attached hydrogen (secondary N) is 1. The molecule has 0 aromatic carbocycles. The van der Waals surface area contributed by atoms with Crippen molar-refractivity contribution in [3.63, 3.8) is 0 Å². The molecule has 114 valence electrons. The van der Waals surface area contributed by atoms with Crippen LogP contribution in [0.15, 0.2) is 4.52 Å². The Labute approximate surface area is 123 Å². The maximum atomic E-state index is 5.29. The quantitative estimate of drug-likeness (QED) is 0.859. The Hall–Kier alpha value is -0.830. The molecule has 1 N–H and O–H groups in total. The van der Waals surface area contributed by atoms with E-state index in [4.69, 9.17) is 4.52 Å². The molecule has 1 aliphatic rings. The maximum absolute atomic E-state index is 5.29. The van der Waals surface area contributed by atoms with Crippen LogP contribution in [0, 0.1) is 25.7 Å². The topological polar surface area (TPSA) is 38.1 Å². The van der Waals surface area contributed by atoms with E-state index in [1.165, 1.54) is 37.7 Å². The highest BCUT2D eigenvalue weighted by atomic mass is 16.5. The van der Waals surface area contributed by atoms with Crippen molar-refractivity contribution in [2.45, 2.75) is 78.8 Å². The van der Waals surface area contributed by atoms with Gasteiger partial charge in [0, 0.05) is 17.6 Å². The third-order valence-electron chi connectivity index (χ3n) is 4.59. The smallest absolute Gasteiger partial charge is 0.138 e. The number of nitrogens with zero attached hydrogens (tertiary/aromatic N) is 1. The molecule has 0 saturated heterocycles. The summed E-state index contributed by atoms with van der Waals surface area (Å²) in [5.41, 5.74) is 2.27. The van der Waals surface area contributed by atoms with Gasteiger partial charge in [0.1, 0.15) is 5.76 Å². The van der Waals surface area contributed by atoms with Gasteiger partial charge in [0.15, 0.2) is 0 Å². The summed E-state index contributed by atoms with van der Waals surface area (Å²) in [6.45, 7) is 11.0. The standard InChI is InChI=1S/C17H30N2O/c1-11(2)9-15-7-6-8-16(10-15)18-12(3)17-13(4)19-20-14(17)5/h11-12,15-16,18H,6-10H2,1-5H3. The highest BCUT2D eigenvalue weighted by molar-refractivity contribution is 5.24. The van der Waals surface area contributed by atoms with Crippen LogP contribution in [0.25, 0.3) is 0 Å². The van der Waals surface area contributed by atoms with Gasteiger partial charge in [0.25, 0.3) is 0 Å². The first-order valence-electron chi connectivity index (χ1n) is 8.16. The Morgan fingerprint density at radius 2 is 2.00 bits per heavy atom. The molecule has 1 aromatic rings. The monoisotopic (exact) mass is 278 g/mol. The molecule has 20 heavy (non-hydrogen) atoms. The van der Waals surface area contributed by atoms with Crippen LogP contribution >= 0.6 is 0 Å². The molecular formula is C17H30N2O. The van der Waals surface area contributed by atoms with Crippen LogP contribution < -0.4 is 5.32 Å². The Balaban J connectivity index is 1.92. The van der Waals surface area contributed by atoms with Gasteiger partial charge in [-0.3, -0.25) is 0 Å². The predicted octanol–water partition coefficient (Wildman–Crippen LogP) is 4.55. The Kier molecular flexibility index (Phi) is 5.25. The molecule has 0 amide bonds. The van der Waals surface area contributed by atoms with Crippen LogP contribution in [0.4, 0.5) is 0 Å². The molecule has 1 fully saturated rings. The highest BCUT2D eigenvalue weighted by Gasteiger charge is 2.25. The van der Waals surface area contributed by atoms with Gasteiger partial charge in [-0.2, -0.15) is 0 Å². The fraction of sp³-hybridized carbons (Fsp3) is 0.824. The third-order valence-corrected chi connectivity index (χ3v) is 4.59. The SMILES string of the molecule is Cc1noc(C)c1C(C)NC1CCCC(CC(C)C)C1. The van der Waals surface area contributed by atoms with E-state index < -0.39 is 0 Å². The van der Waals surface area contributed by atoms with Crippen molar-refractivity contribution in [1.82, 2.24) is 10.5 Å². The van der Waals surface area contributed by atoms with E-state index in [0.717, 1.165) is 23.3 Å². The van der Waals surface area contributed by atoms with Gasteiger partial charge in [0.05, 0.1) is 5.69 Å². The lowest BCUT2D eigenvalue weighted by molar-refractivity contribution is 0.242. The predicted molar refractivity (Wildman–Crippen MR) is 82.7 cm³/mol. The second-order valence-corrected chi connectivity index (χ2v) is 6.99. The molecule has 1 heterocycles. The molecule has 1 saturated carbocycles. The minimum absolute atomic E-state index is 0.337. The minimum Gasteiger partial charge on any atom is -0.361 e. The van der Waals surface area contributed by atoms with Crippen molar-refractivity contribution < 1.29 is 4.52 Å². The average Bonchev–Trinajstić information content (AvgIpc) is 2.68. The van der Waals surface area contributed by atoms with E-state index in [9.17, 15) is 0 Å². The van der Waals surface area contributed by atoms with Gasteiger partial charge >= 0.3 is 0 Å². The summed E-state index contributed by atoms with van der Waals surface area (Å²) in [7, 11) is 0. The molecule has 3 atom stereocenters. The molecule has 0 bridgehead atoms. The van der Waals surface area contributed by atoms with Crippen LogP contribution in [0.2, 0.25) is 0 Å². The molecule has 0 aliphatic heterocycles. The second kappa shape index (κ2) is 6.75. The van der Waals surface area contributed by atoms with E-state index in [-0.39, 0.29) is 0 Å². The van der Waals surface area contributed by atoms with Crippen molar-refractivity contribution in [3.05, 3.63) is 17.0 Å². The van der Waals surface area contributed by atoms with Gasteiger partial charge in [-0.15, -0.1) is 0 Å². The minimum atomic E-state index is 0.337. The van der Waals surface area contributed by atoms with Gasteiger partial charge in [-0.25, -0.2) is 0 Å². The molecule has 2 rings (SSSR count). The van der Waals surface area contributed by atoms with Crippen LogP contribution in [0.5, 0.6) is 0 Å². The van der Waals surface area contributed by atoms with Crippen molar-refractivity contribution in [1.29, 1.82) is 0 Å². The maximum Gasteiger partial charge on any atom is 0.138 e. The Bertz CT molecular complexity index is 405. The summed E-state index contributed by atoms with van der Waals surface area (Å²) >= 11 is 0. The normalized spacial score (nSPS) is 25.1. The van der Waals surface area contributed by atoms with E-state index in [1.54, 1.807) is 0 Å². The molecule has 3 heteroatoms. The number of aromatic nitrogens is 1. The van der Waals surface area contributed by atoms with E-state index >= 15 is 0 Å². The number of rotatable bonds is 5. The summed E-state index contributed by atoms with van der Waals surface area (Å²) in [5, 5.41) is 7.88. The van der Waals surface area contributed by atoms with Crippen molar-refractivity contribution in [2.75, 3.05) is 0 Å². The van der Waals surface area contributed by atoms with E-state index in [0.29, 0.717) is 12.1 Å². The molecule has 0 spiro atoms. The number of aryl methyl sites for hydroxylation is 2. The lowest BCUT2D eigenvalue weighted by Gasteiger charge is -2.32. The molecule has 0 radical (unpaired) electrons. The Morgan fingerprint density at radius 3 is 2.60 bits per heavy atom.